The summed E-state index contributed by atoms with van der Waals surface area (Å²) in [4.78, 5) is 0. The summed E-state index contributed by atoms with van der Waals surface area (Å²) >= 11 is 0. The van der Waals surface area contributed by atoms with E-state index < -0.39 is 0 Å². The molecule has 4 radical (unpaired) electrons. The summed E-state index contributed by atoms with van der Waals surface area (Å²) in [6.45, 7) is 0. The second-order valence-corrected chi connectivity index (χ2v) is 0. The molecule has 0 saturated carbocycles. The summed E-state index contributed by atoms with van der Waals surface area (Å²) in [5, 5.41) is 0. The molecule has 0 N–H and O–H groups in total. The van der Waals surface area contributed by atoms with Crippen LogP contribution in [-0.2, 0) is 17.1 Å². The minimum atomic E-state index is 0. The summed E-state index contributed by atoms with van der Waals surface area (Å²) in [7, 11) is 0. The van der Waals surface area contributed by atoms with Crippen molar-refractivity contribution in [2.45, 2.75) is 0 Å². The second kappa shape index (κ2) is 36.0. The van der Waals surface area contributed by atoms with Gasteiger partial charge in [-0.1, -0.05) is 0 Å². The van der Waals surface area contributed by atoms with Crippen LogP contribution in [0.1, 0.15) is 2.85 Å². The molecule has 0 spiro atoms. The molecule has 0 aromatic rings. The van der Waals surface area contributed by atoms with Crippen LogP contribution in [-0.4, -0.2) is 59.8 Å². The van der Waals surface area contributed by atoms with Gasteiger partial charge in [-0.3, -0.25) is 0 Å². The van der Waals surface area contributed by atoms with Crippen LogP contribution >= 0.6 is 0 Å². The third-order valence-electron chi connectivity index (χ3n) is 0. The maximum atomic E-state index is 0. The van der Waals surface area contributed by atoms with E-state index in [0.29, 0.717) is 0 Å². The molecule has 5 heavy (non-hydrogen) atoms. The maximum absolute atomic E-state index is 0. The van der Waals surface area contributed by atoms with Crippen molar-refractivity contribution < 1.29 is 19.9 Å². The van der Waals surface area contributed by atoms with Crippen LogP contribution in [0.2, 0.25) is 0 Å². The first-order valence-corrected chi connectivity index (χ1v) is 0. The van der Waals surface area contributed by atoms with Crippen LogP contribution in [0.15, 0.2) is 0 Å². The SMILES string of the molecule is [AlH3].[B].[Cu].[H-].[H-].[Mg+2].[SiH4]. The molecule has 0 bridgehead atoms. The van der Waals surface area contributed by atoms with Crippen molar-refractivity contribution in [3.8, 4) is 0 Å². The van der Waals surface area contributed by atoms with Gasteiger partial charge in [0.1, 0.15) is 0 Å². The van der Waals surface area contributed by atoms with Gasteiger partial charge in [-0.2, -0.15) is 0 Å². The normalized spacial score (nSPS) is 0. The predicted octanol–water partition coefficient (Wildman–Crippen LogP) is -3.17. The molecule has 0 aromatic carbocycles. The Labute approximate surface area is 79.2 Å². The molecular weight excluding hydrogens is 154 g/mol. The zero-order chi connectivity index (χ0) is 0. The number of hydrogen-bond donors (Lipinski definition) is 0. The molecule has 0 aliphatic heterocycles. The van der Waals surface area contributed by atoms with Crippen molar-refractivity contribution in [2.75, 3.05) is 0 Å². The van der Waals surface area contributed by atoms with Gasteiger partial charge in [0.25, 0.3) is 0 Å². The van der Waals surface area contributed by atoms with Gasteiger partial charge in [-0.05, 0) is 11.0 Å². The Bertz CT molecular complexity index is 17.7. The van der Waals surface area contributed by atoms with E-state index >= 15 is 0 Å². The minimum absolute atomic E-state index is 0. The smallest absolute Gasteiger partial charge is 1.00 e. The zero-order valence-electron chi connectivity index (χ0n) is 3.59. The Morgan fingerprint density at radius 2 is 1.20 bits per heavy atom. The fourth-order valence-electron chi connectivity index (χ4n) is 0. The summed E-state index contributed by atoms with van der Waals surface area (Å²) < 4.78 is 0. The molecule has 0 aliphatic carbocycles. The van der Waals surface area contributed by atoms with Gasteiger partial charge in [0, 0.05) is 25.5 Å². The minimum Gasteiger partial charge on any atom is -1.00 e. The number of hydrogen-bond acceptors (Lipinski definition) is 0. The van der Waals surface area contributed by atoms with E-state index in [2.05, 4.69) is 0 Å². The molecule has 32 valence electrons. The quantitative estimate of drug-likeness (QED) is 0.330. The molecule has 0 saturated heterocycles. The van der Waals surface area contributed by atoms with Crippen LogP contribution in [0.4, 0.5) is 0 Å². The van der Waals surface area contributed by atoms with Crippen LogP contribution in [0.3, 0.4) is 0 Å². The molecule has 0 nitrogen and oxygen atoms in total. The van der Waals surface area contributed by atoms with Crippen LogP contribution in [0, 0.1) is 0 Å². The van der Waals surface area contributed by atoms with Crippen LogP contribution in [0.5, 0.6) is 0 Å². The first-order valence-electron chi connectivity index (χ1n) is 0. The fraction of sp³-hybridized carbons (Fsp3) is 0. The van der Waals surface area contributed by atoms with E-state index in [1.54, 1.807) is 0 Å². The largest absolute Gasteiger partial charge is 2.00 e. The average Bonchev–Trinajstić information content (AvgIpc) is 0. The van der Waals surface area contributed by atoms with Crippen molar-refractivity contribution in [2.24, 2.45) is 0 Å². The van der Waals surface area contributed by atoms with Gasteiger partial charge in [-0.25, -0.2) is 0 Å². The van der Waals surface area contributed by atoms with Gasteiger partial charge in [0.15, 0.2) is 17.4 Å². The monoisotopic (exact) mass is 162 g/mol. The standard InChI is InChI=1S/Al.B.Cu.Mg.H4Si.5H/h;;;;1H4;;;;;/q;;;+2;;;;;2*-1. The van der Waals surface area contributed by atoms with Crippen molar-refractivity contribution in [1.29, 1.82) is 0 Å². The number of rotatable bonds is 0. The van der Waals surface area contributed by atoms with Gasteiger partial charge >= 0.3 is 23.1 Å². The third kappa shape index (κ3) is 23.3. The molecule has 0 aliphatic rings. The molecule has 5 heteroatoms. The van der Waals surface area contributed by atoms with E-state index in [1.807, 2.05) is 0 Å². The fourth-order valence-corrected chi connectivity index (χ4v) is 0. The summed E-state index contributed by atoms with van der Waals surface area (Å²) in [6.07, 6.45) is 0. The third-order valence-corrected chi connectivity index (χ3v) is 0. The Kier molecular flexibility index (Phi) is 431. The Balaban J connectivity index is 0. The van der Waals surface area contributed by atoms with Gasteiger partial charge in [0.05, 0.1) is 0 Å². The Hall–Kier alpha value is 2.10. The molecular formula is H9AlBCuMgSi. The van der Waals surface area contributed by atoms with E-state index in [0.717, 1.165) is 0 Å². The maximum Gasteiger partial charge on any atom is 2.00 e. The van der Waals surface area contributed by atoms with Gasteiger partial charge in [0.2, 0.25) is 0 Å². The molecule has 0 fully saturated rings. The molecule has 0 aromatic heterocycles. The van der Waals surface area contributed by atoms with Crippen molar-refractivity contribution in [3.63, 3.8) is 0 Å². The zero-order valence-corrected chi connectivity index (χ0v) is 3.94. The van der Waals surface area contributed by atoms with Crippen LogP contribution in [0.25, 0.3) is 0 Å². The topological polar surface area (TPSA) is 0 Å². The molecule has 0 rings (SSSR count). The summed E-state index contributed by atoms with van der Waals surface area (Å²) in [5.74, 6) is 0. The van der Waals surface area contributed by atoms with E-state index in [-0.39, 0.29) is 79.7 Å². The van der Waals surface area contributed by atoms with Crippen molar-refractivity contribution in [1.82, 2.24) is 0 Å². The second-order valence-electron chi connectivity index (χ2n) is 0. The van der Waals surface area contributed by atoms with Crippen molar-refractivity contribution >= 4 is 59.8 Å². The van der Waals surface area contributed by atoms with Crippen molar-refractivity contribution in [3.05, 3.63) is 0 Å². The first kappa shape index (κ1) is 59.9. The van der Waals surface area contributed by atoms with E-state index in [9.17, 15) is 0 Å². The van der Waals surface area contributed by atoms with E-state index in [1.165, 1.54) is 0 Å². The molecule has 0 heterocycles. The Morgan fingerprint density at radius 3 is 1.20 bits per heavy atom. The molecule has 0 atom stereocenters. The molecule has 0 unspecified atom stereocenters. The predicted molar refractivity (Wildman–Crippen MR) is 35.0 cm³/mol. The summed E-state index contributed by atoms with van der Waals surface area (Å²) in [6, 6.07) is 0. The Morgan fingerprint density at radius 1 is 1.20 bits per heavy atom. The van der Waals surface area contributed by atoms with E-state index in [4.69, 9.17) is 0 Å². The van der Waals surface area contributed by atoms with Gasteiger partial charge in [-0.15, -0.1) is 0 Å². The van der Waals surface area contributed by atoms with Crippen LogP contribution < -0.4 is 0 Å². The molecule has 0 amide bonds. The average molecular weight is 163 g/mol. The summed E-state index contributed by atoms with van der Waals surface area (Å²) in [5.41, 5.74) is 0. The van der Waals surface area contributed by atoms with Gasteiger partial charge < -0.3 is 2.85 Å². The first-order chi connectivity index (χ1) is 0.